The molecule has 1 aliphatic heterocycles. The first-order valence-electron chi connectivity index (χ1n) is 9.00. The maximum atomic E-state index is 12.6. The molecule has 1 saturated heterocycles. The fraction of sp³-hybridized carbons (Fsp3) is 0.556. The second kappa shape index (κ2) is 9.18. The third kappa shape index (κ3) is 5.43. The van der Waals surface area contributed by atoms with Gasteiger partial charge in [0.15, 0.2) is 0 Å². The molecule has 2 heterocycles. The minimum atomic E-state index is -3.90. The summed E-state index contributed by atoms with van der Waals surface area (Å²) in [5.74, 6) is -2.03. The first-order valence-corrected chi connectivity index (χ1v) is 10.4. The number of piperidine rings is 1. The van der Waals surface area contributed by atoms with Gasteiger partial charge in [-0.2, -0.15) is 4.31 Å². The Morgan fingerprint density at radius 2 is 2.07 bits per heavy atom. The molecular weight excluding hydrogens is 372 g/mol. The van der Waals surface area contributed by atoms with E-state index in [1.807, 2.05) is 13.0 Å². The normalized spacial score (nSPS) is 17.4. The van der Waals surface area contributed by atoms with Crippen LogP contribution in [0.1, 0.15) is 49.6 Å². The minimum absolute atomic E-state index is 0.0516. The molecule has 150 valence electrons. The van der Waals surface area contributed by atoms with Gasteiger partial charge >= 0.3 is 5.97 Å². The van der Waals surface area contributed by atoms with Crippen LogP contribution in [0.25, 0.3) is 0 Å². The third-order valence-corrected chi connectivity index (χ3v) is 6.42. The van der Waals surface area contributed by atoms with E-state index >= 15 is 0 Å². The Hall–Kier alpha value is -2.13. The number of nitrogens with one attached hydrogen (secondary N) is 1. The molecule has 1 aliphatic rings. The van der Waals surface area contributed by atoms with Crippen LogP contribution in [-0.4, -0.2) is 48.8 Å². The number of unbranched alkanes of at least 4 members (excludes halogenated alkanes) is 1. The monoisotopic (exact) mass is 398 g/mol. The number of hydrogen-bond acceptors (Lipinski definition) is 5. The molecule has 8 nitrogen and oxygen atoms in total. The predicted octanol–water partition coefficient (Wildman–Crippen LogP) is 2.24. The molecule has 0 saturated carbocycles. The summed E-state index contributed by atoms with van der Waals surface area (Å²) < 4.78 is 31.3. The highest BCUT2D eigenvalue weighted by Gasteiger charge is 2.34. The van der Waals surface area contributed by atoms with Crippen LogP contribution in [0.2, 0.25) is 0 Å². The summed E-state index contributed by atoms with van der Waals surface area (Å²) >= 11 is 0. The SMILES string of the molecule is C=CCCCC(C)NC(=O)C1CCN(S(=O)(=O)c2ccc(C(=O)O)o2)CC1. The Morgan fingerprint density at radius 1 is 1.41 bits per heavy atom. The van der Waals surface area contributed by atoms with Crippen LogP contribution in [0, 0.1) is 5.92 Å². The molecule has 0 bridgehead atoms. The standard InChI is InChI=1S/C18H26N2O6S/c1-3-4-5-6-13(2)19-17(21)14-9-11-20(12-10-14)27(24,25)16-8-7-15(26-16)18(22)23/h3,7-8,13-14H,1,4-6,9-12H2,2H3,(H,19,21)(H,22,23). The van der Waals surface area contributed by atoms with Crippen LogP contribution in [0.4, 0.5) is 0 Å². The summed E-state index contributed by atoms with van der Waals surface area (Å²) in [6.07, 6.45) is 5.42. The van der Waals surface area contributed by atoms with Gasteiger partial charge in [0.1, 0.15) is 0 Å². The molecule has 2 N–H and O–H groups in total. The Balaban J connectivity index is 1.89. The molecule has 1 fully saturated rings. The molecule has 27 heavy (non-hydrogen) atoms. The van der Waals surface area contributed by atoms with Crippen molar-refractivity contribution < 1.29 is 27.5 Å². The lowest BCUT2D eigenvalue weighted by molar-refractivity contribution is -0.126. The number of aromatic carboxylic acids is 1. The van der Waals surface area contributed by atoms with E-state index in [-0.39, 0.29) is 31.0 Å². The van der Waals surface area contributed by atoms with Crippen molar-refractivity contribution in [3.05, 3.63) is 30.5 Å². The van der Waals surface area contributed by atoms with Gasteiger partial charge in [0.2, 0.25) is 16.8 Å². The highest BCUT2D eigenvalue weighted by atomic mass is 32.2. The summed E-state index contributed by atoms with van der Waals surface area (Å²) in [7, 11) is -3.90. The van der Waals surface area contributed by atoms with E-state index in [9.17, 15) is 18.0 Å². The topological polar surface area (TPSA) is 117 Å². The molecule has 0 spiro atoms. The van der Waals surface area contributed by atoms with E-state index in [1.165, 1.54) is 4.31 Å². The number of sulfonamides is 1. The molecular formula is C18H26N2O6S. The van der Waals surface area contributed by atoms with Gasteiger partial charge < -0.3 is 14.8 Å². The fourth-order valence-electron chi connectivity index (χ4n) is 3.06. The Bertz CT molecular complexity index is 778. The average molecular weight is 398 g/mol. The molecule has 0 radical (unpaired) electrons. The lowest BCUT2D eigenvalue weighted by Crippen LogP contribution is -2.44. The molecule has 9 heteroatoms. The molecule has 0 aromatic carbocycles. The van der Waals surface area contributed by atoms with Crippen LogP contribution in [0.3, 0.4) is 0 Å². The number of carbonyl (C=O) groups excluding carboxylic acids is 1. The summed E-state index contributed by atoms with van der Waals surface area (Å²) in [6, 6.07) is 2.32. The van der Waals surface area contributed by atoms with Gasteiger partial charge in [-0.05, 0) is 51.2 Å². The van der Waals surface area contributed by atoms with Gasteiger partial charge in [0, 0.05) is 25.0 Å². The van der Waals surface area contributed by atoms with Crippen molar-refractivity contribution >= 4 is 21.9 Å². The van der Waals surface area contributed by atoms with E-state index in [2.05, 4.69) is 11.9 Å². The van der Waals surface area contributed by atoms with E-state index in [4.69, 9.17) is 9.52 Å². The van der Waals surface area contributed by atoms with Crippen LogP contribution < -0.4 is 5.32 Å². The molecule has 0 aliphatic carbocycles. The van der Waals surface area contributed by atoms with Crippen molar-refractivity contribution in [2.45, 2.75) is 50.2 Å². The summed E-state index contributed by atoms with van der Waals surface area (Å²) in [4.78, 5) is 23.2. The molecule has 1 aromatic rings. The number of allylic oxidation sites excluding steroid dienone is 1. The van der Waals surface area contributed by atoms with Gasteiger partial charge in [0.05, 0.1) is 0 Å². The van der Waals surface area contributed by atoms with Crippen molar-refractivity contribution in [1.29, 1.82) is 0 Å². The first kappa shape index (κ1) is 21.2. The average Bonchev–Trinajstić information content (AvgIpc) is 3.13. The van der Waals surface area contributed by atoms with E-state index in [0.717, 1.165) is 31.4 Å². The molecule has 1 aromatic heterocycles. The number of hydrogen-bond donors (Lipinski definition) is 2. The Kier molecular flexibility index (Phi) is 7.20. The predicted molar refractivity (Wildman–Crippen MR) is 98.8 cm³/mol. The highest BCUT2D eigenvalue weighted by molar-refractivity contribution is 7.89. The molecule has 2 rings (SSSR count). The number of carboxylic acids is 1. The van der Waals surface area contributed by atoms with Crippen LogP contribution >= 0.6 is 0 Å². The zero-order valence-electron chi connectivity index (χ0n) is 15.4. The molecule has 1 atom stereocenters. The lowest BCUT2D eigenvalue weighted by Gasteiger charge is -2.30. The van der Waals surface area contributed by atoms with Crippen molar-refractivity contribution in [3.8, 4) is 0 Å². The van der Waals surface area contributed by atoms with E-state index in [0.29, 0.717) is 12.8 Å². The van der Waals surface area contributed by atoms with Crippen molar-refractivity contribution in [2.75, 3.05) is 13.1 Å². The van der Waals surface area contributed by atoms with Gasteiger partial charge in [-0.25, -0.2) is 13.2 Å². The Labute approximate surface area is 159 Å². The number of carbonyl (C=O) groups is 2. The van der Waals surface area contributed by atoms with Crippen LogP contribution in [0.15, 0.2) is 34.3 Å². The Morgan fingerprint density at radius 3 is 2.63 bits per heavy atom. The minimum Gasteiger partial charge on any atom is -0.475 e. The maximum absolute atomic E-state index is 12.6. The third-order valence-electron chi connectivity index (χ3n) is 4.65. The van der Waals surface area contributed by atoms with Crippen molar-refractivity contribution in [1.82, 2.24) is 9.62 Å². The smallest absolute Gasteiger partial charge is 0.371 e. The number of carboxylic acid groups (broad SMARTS) is 1. The summed E-state index contributed by atoms with van der Waals surface area (Å²) in [6.45, 7) is 6.01. The number of furan rings is 1. The number of amides is 1. The molecule has 1 unspecified atom stereocenters. The second-order valence-corrected chi connectivity index (χ2v) is 8.60. The van der Waals surface area contributed by atoms with Gasteiger partial charge in [-0.1, -0.05) is 6.08 Å². The second-order valence-electron chi connectivity index (χ2n) is 6.73. The lowest BCUT2D eigenvalue weighted by atomic mass is 9.96. The molecule has 1 amide bonds. The van der Waals surface area contributed by atoms with E-state index in [1.54, 1.807) is 0 Å². The maximum Gasteiger partial charge on any atom is 0.371 e. The first-order chi connectivity index (χ1) is 12.8. The largest absolute Gasteiger partial charge is 0.475 e. The summed E-state index contributed by atoms with van der Waals surface area (Å²) in [5.41, 5.74) is 0. The quantitative estimate of drug-likeness (QED) is 0.487. The van der Waals surface area contributed by atoms with E-state index < -0.39 is 26.8 Å². The summed E-state index contributed by atoms with van der Waals surface area (Å²) in [5, 5.41) is 11.5. The zero-order valence-corrected chi connectivity index (χ0v) is 16.2. The fourth-order valence-corrected chi connectivity index (χ4v) is 4.44. The number of rotatable bonds is 9. The van der Waals surface area contributed by atoms with Crippen molar-refractivity contribution in [3.63, 3.8) is 0 Å². The van der Waals surface area contributed by atoms with Gasteiger partial charge in [0.25, 0.3) is 10.0 Å². The van der Waals surface area contributed by atoms with Gasteiger partial charge in [-0.3, -0.25) is 4.79 Å². The highest BCUT2D eigenvalue weighted by Crippen LogP contribution is 2.25. The zero-order chi connectivity index (χ0) is 20.0. The van der Waals surface area contributed by atoms with Gasteiger partial charge in [-0.15, -0.1) is 6.58 Å². The van der Waals surface area contributed by atoms with Crippen molar-refractivity contribution in [2.24, 2.45) is 5.92 Å². The number of nitrogens with zero attached hydrogens (tertiary/aromatic N) is 1. The van der Waals surface area contributed by atoms with Crippen LogP contribution in [-0.2, 0) is 14.8 Å². The van der Waals surface area contributed by atoms with Crippen LogP contribution in [0.5, 0.6) is 0 Å².